The predicted octanol–water partition coefficient (Wildman–Crippen LogP) is 1.97. The van der Waals surface area contributed by atoms with Crippen molar-refractivity contribution in [2.45, 2.75) is 31.9 Å². The number of pyridine rings is 1. The van der Waals surface area contributed by atoms with Gasteiger partial charge in [0.1, 0.15) is 12.0 Å². The van der Waals surface area contributed by atoms with E-state index in [1.807, 2.05) is 6.92 Å². The zero-order valence-electron chi connectivity index (χ0n) is 9.84. The molecule has 2 unspecified atom stereocenters. The molecule has 0 bridgehead atoms. The second-order valence-corrected chi connectivity index (χ2v) is 4.46. The Kier molecular flexibility index (Phi) is 2.97. The van der Waals surface area contributed by atoms with Gasteiger partial charge in [0.05, 0.1) is 16.6 Å². The van der Waals surface area contributed by atoms with Crippen molar-refractivity contribution < 1.29 is 9.66 Å². The van der Waals surface area contributed by atoms with Crippen molar-refractivity contribution in [3.63, 3.8) is 0 Å². The zero-order chi connectivity index (χ0) is 12.5. The van der Waals surface area contributed by atoms with Gasteiger partial charge >= 0.3 is 0 Å². The Labute approximate surface area is 99.2 Å². The summed E-state index contributed by atoms with van der Waals surface area (Å²) in [6, 6.07) is 3.06. The first-order valence-corrected chi connectivity index (χ1v) is 5.51. The third kappa shape index (κ3) is 2.36. The van der Waals surface area contributed by atoms with E-state index < -0.39 is 4.92 Å². The molecule has 0 aliphatic carbocycles. The molecule has 1 aromatic rings. The minimum absolute atomic E-state index is 0.00331. The molecule has 6 heteroatoms. The number of nitrogens with zero attached hydrogens (tertiary/aromatic N) is 2. The summed E-state index contributed by atoms with van der Waals surface area (Å²) in [4.78, 5) is 14.1. The highest BCUT2D eigenvalue weighted by Gasteiger charge is 2.37. The van der Waals surface area contributed by atoms with Crippen LogP contribution in [-0.4, -0.2) is 28.2 Å². The molecule has 0 amide bonds. The first kappa shape index (κ1) is 11.8. The zero-order valence-corrected chi connectivity index (χ0v) is 9.84. The fourth-order valence-electron chi connectivity index (χ4n) is 1.86. The lowest BCUT2D eigenvalue weighted by molar-refractivity contribution is -0.385. The number of hydrogen-bond donors (Lipinski definition) is 1. The Bertz CT molecular complexity index is 420. The minimum Gasteiger partial charge on any atom is -0.376 e. The number of rotatable bonds is 3. The maximum atomic E-state index is 10.5. The van der Waals surface area contributed by atoms with Crippen LogP contribution in [0, 0.1) is 10.1 Å². The van der Waals surface area contributed by atoms with Gasteiger partial charge in [0, 0.05) is 12.7 Å². The van der Waals surface area contributed by atoms with Crippen LogP contribution >= 0.6 is 0 Å². The summed E-state index contributed by atoms with van der Waals surface area (Å²) in [5, 5.41) is 13.8. The van der Waals surface area contributed by atoms with Crippen LogP contribution in [0.5, 0.6) is 0 Å². The van der Waals surface area contributed by atoms with Crippen molar-refractivity contribution in [2.24, 2.45) is 0 Å². The lowest BCUT2D eigenvalue weighted by atomic mass is 9.95. The molecule has 0 spiro atoms. The quantitative estimate of drug-likeness (QED) is 0.642. The number of aromatic nitrogens is 1. The van der Waals surface area contributed by atoms with Crippen molar-refractivity contribution in [2.75, 3.05) is 11.9 Å². The van der Waals surface area contributed by atoms with E-state index in [4.69, 9.17) is 4.74 Å². The van der Waals surface area contributed by atoms with E-state index in [9.17, 15) is 10.1 Å². The smallest absolute Gasteiger partial charge is 0.287 e. The van der Waals surface area contributed by atoms with Gasteiger partial charge in [-0.15, -0.1) is 0 Å². The second kappa shape index (κ2) is 4.29. The van der Waals surface area contributed by atoms with E-state index in [2.05, 4.69) is 17.2 Å². The molecule has 0 radical (unpaired) electrons. The first-order valence-electron chi connectivity index (χ1n) is 5.51. The molecule has 17 heavy (non-hydrogen) atoms. The summed E-state index contributed by atoms with van der Waals surface area (Å²) < 4.78 is 5.50. The van der Waals surface area contributed by atoms with Crippen molar-refractivity contribution in [1.82, 2.24) is 4.98 Å². The number of nitro groups is 1. The minimum atomic E-state index is -0.459. The number of nitrogens with one attached hydrogen (secondary N) is 1. The van der Waals surface area contributed by atoms with E-state index in [-0.39, 0.29) is 17.3 Å². The van der Waals surface area contributed by atoms with Crippen LogP contribution in [0.1, 0.15) is 20.3 Å². The van der Waals surface area contributed by atoms with Gasteiger partial charge in [-0.1, -0.05) is 0 Å². The highest BCUT2D eigenvalue weighted by Crippen LogP contribution is 2.29. The molecule has 1 saturated heterocycles. The number of anilines is 1. The normalized spacial score (nSPS) is 28.0. The lowest BCUT2D eigenvalue weighted by Crippen LogP contribution is -2.41. The van der Waals surface area contributed by atoms with Gasteiger partial charge < -0.3 is 10.1 Å². The molecule has 2 rings (SSSR count). The lowest BCUT2D eigenvalue weighted by Gasteiger charge is -2.29. The average Bonchev–Trinajstić information content (AvgIpc) is 2.60. The van der Waals surface area contributed by atoms with Crippen LogP contribution in [0.15, 0.2) is 18.3 Å². The Morgan fingerprint density at radius 1 is 1.65 bits per heavy atom. The average molecular weight is 237 g/mol. The van der Waals surface area contributed by atoms with Crippen molar-refractivity contribution in [3.8, 4) is 0 Å². The van der Waals surface area contributed by atoms with Gasteiger partial charge in [0.2, 0.25) is 0 Å². The van der Waals surface area contributed by atoms with E-state index in [1.54, 1.807) is 6.07 Å². The van der Waals surface area contributed by atoms with Crippen LogP contribution in [0.2, 0.25) is 0 Å². The molecular formula is C11H15N3O3. The maximum Gasteiger partial charge on any atom is 0.287 e. The molecule has 2 atom stereocenters. The van der Waals surface area contributed by atoms with Crippen LogP contribution < -0.4 is 5.32 Å². The third-order valence-corrected chi connectivity index (χ3v) is 3.26. The largest absolute Gasteiger partial charge is 0.376 e. The highest BCUT2D eigenvalue weighted by atomic mass is 16.6. The van der Waals surface area contributed by atoms with E-state index >= 15 is 0 Å². The van der Waals surface area contributed by atoms with Gasteiger partial charge in [-0.25, -0.2) is 4.98 Å². The molecule has 1 N–H and O–H groups in total. The summed E-state index contributed by atoms with van der Waals surface area (Å²) in [5.74, 6) is 0.635. The Balaban J connectivity index is 2.11. The van der Waals surface area contributed by atoms with Crippen LogP contribution in [-0.2, 0) is 4.74 Å². The molecule has 6 nitrogen and oxygen atoms in total. The fourth-order valence-corrected chi connectivity index (χ4v) is 1.86. The van der Waals surface area contributed by atoms with Gasteiger partial charge in [0.15, 0.2) is 0 Å². The second-order valence-electron chi connectivity index (χ2n) is 4.46. The Hall–Kier alpha value is -1.69. The molecule has 1 aliphatic rings. The number of hydrogen-bond acceptors (Lipinski definition) is 5. The Morgan fingerprint density at radius 2 is 2.41 bits per heavy atom. The summed E-state index contributed by atoms with van der Waals surface area (Å²) >= 11 is 0. The third-order valence-electron chi connectivity index (χ3n) is 3.26. The highest BCUT2D eigenvalue weighted by molar-refractivity contribution is 5.42. The van der Waals surface area contributed by atoms with Gasteiger partial charge in [0.25, 0.3) is 5.69 Å². The SMILES string of the molecule is CC1OCCC1(C)Nc1ccc([N+](=O)[O-])cn1. The molecule has 1 fully saturated rings. The monoisotopic (exact) mass is 237 g/mol. The maximum absolute atomic E-state index is 10.5. The van der Waals surface area contributed by atoms with Gasteiger partial charge in [-0.2, -0.15) is 0 Å². The Morgan fingerprint density at radius 3 is 2.88 bits per heavy atom. The van der Waals surface area contributed by atoms with E-state index in [0.717, 1.165) is 13.0 Å². The topological polar surface area (TPSA) is 77.3 Å². The molecule has 1 aliphatic heterocycles. The summed E-state index contributed by atoms with van der Waals surface area (Å²) in [5.41, 5.74) is -0.167. The molecular weight excluding hydrogens is 222 g/mol. The van der Waals surface area contributed by atoms with E-state index in [1.165, 1.54) is 12.3 Å². The van der Waals surface area contributed by atoms with Gasteiger partial charge in [-0.3, -0.25) is 10.1 Å². The van der Waals surface area contributed by atoms with Gasteiger partial charge in [-0.05, 0) is 26.3 Å². The standard InChI is InChI=1S/C11H15N3O3/c1-8-11(2,5-6-17-8)13-10-4-3-9(7-12-10)14(15)16/h3-4,7-8H,5-6H2,1-2H3,(H,12,13). The van der Waals surface area contributed by atoms with Crippen molar-refractivity contribution in [3.05, 3.63) is 28.4 Å². The molecule has 0 saturated carbocycles. The number of ether oxygens (including phenoxy) is 1. The fraction of sp³-hybridized carbons (Fsp3) is 0.545. The van der Waals surface area contributed by atoms with Crippen LogP contribution in [0.4, 0.5) is 11.5 Å². The summed E-state index contributed by atoms with van der Waals surface area (Å²) in [6.07, 6.45) is 2.25. The molecule has 1 aromatic heterocycles. The molecule has 92 valence electrons. The van der Waals surface area contributed by atoms with E-state index in [0.29, 0.717) is 5.82 Å². The molecule has 2 heterocycles. The molecule has 0 aromatic carbocycles. The van der Waals surface area contributed by atoms with Crippen LogP contribution in [0.25, 0.3) is 0 Å². The van der Waals surface area contributed by atoms with Crippen molar-refractivity contribution >= 4 is 11.5 Å². The van der Waals surface area contributed by atoms with Crippen molar-refractivity contribution in [1.29, 1.82) is 0 Å². The summed E-state index contributed by atoms with van der Waals surface area (Å²) in [6.45, 7) is 4.79. The first-order chi connectivity index (χ1) is 8.01. The predicted molar refractivity (Wildman–Crippen MR) is 63.0 cm³/mol. The summed E-state index contributed by atoms with van der Waals surface area (Å²) in [7, 11) is 0. The van der Waals surface area contributed by atoms with Crippen LogP contribution in [0.3, 0.4) is 0 Å².